The zero-order valence-electron chi connectivity index (χ0n) is 13.9. The van der Waals surface area contributed by atoms with Crippen LogP contribution in [0.3, 0.4) is 0 Å². The predicted octanol–water partition coefficient (Wildman–Crippen LogP) is 4.26. The van der Waals surface area contributed by atoms with Gasteiger partial charge in [0.1, 0.15) is 12.4 Å². The van der Waals surface area contributed by atoms with Crippen LogP contribution in [0.2, 0.25) is 0 Å². The van der Waals surface area contributed by atoms with Gasteiger partial charge in [0, 0.05) is 25.5 Å². The first-order valence-electron chi connectivity index (χ1n) is 8.16. The predicted molar refractivity (Wildman–Crippen MR) is 96.7 cm³/mol. The summed E-state index contributed by atoms with van der Waals surface area (Å²) < 4.78 is 5.83. The molecule has 3 aromatic rings. The van der Waals surface area contributed by atoms with E-state index in [2.05, 4.69) is 53.6 Å². The fourth-order valence-electron chi connectivity index (χ4n) is 2.41. The summed E-state index contributed by atoms with van der Waals surface area (Å²) in [4.78, 5) is 4.02. The van der Waals surface area contributed by atoms with Crippen LogP contribution >= 0.6 is 0 Å². The van der Waals surface area contributed by atoms with Crippen molar-refractivity contribution in [1.29, 1.82) is 0 Å². The third kappa shape index (κ3) is 4.93. The van der Waals surface area contributed by atoms with Crippen LogP contribution in [-0.2, 0) is 19.7 Å². The molecule has 0 saturated carbocycles. The monoisotopic (exact) mass is 318 g/mol. The van der Waals surface area contributed by atoms with Crippen molar-refractivity contribution in [2.24, 2.45) is 0 Å². The lowest BCUT2D eigenvalue weighted by Gasteiger charge is -2.08. The van der Waals surface area contributed by atoms with Crippen LogP contribution in [0.1, 0.15) is 22.3 Å². The molecule has 122 valence electrons. The minimum absolute atomic E-state index is 0.597. The van der Waals surface area contributed by atoms with Crippen LogP contribution in [0.25, 0.3) is 0 Å². The van der Waals surface area contributed by atoms with E-state index in [0.717, 1.165) is 18.8 Å². The molecule has 0 atom stereocenters. The Hall–Kier alpha value is -2.65. The zero-order chi connectivity index (χ0) is 16.6. The smallest absolute Gasteiger partial charge is 0.119 e. The first-order chi connectivity index (χ1) is 11.8. The summed E-state index contributed by atoms with van der Waals surface area (Å²) in [5, 5.41) is 3.43. The van der Waals surface area contributed by atoms with Gasteiger partial charge in [0.05, 0.1) is 0 Å². The third-order valence-electron chi connectivity index (χ3n) is 3.86. The van der Waals surface area contributed by atoms with Gasteiger partial charge < -0.3 is 10.1 Å². The van der Waals surface area contributed by atoms with Crippen LogP contribution in [0.15, 0.2) is 73.1 Å². The van der Waals surface area contributed by atoms with Crippen LogP contribution in [0.5, 0.6) is 5.75 Å². The van der Waals surface area contributed by atoms with E-state index < -0.39 is 0 Å². The summed E-state index contributed by atoms with van der Waals surface area (Å²) in [6.45, 7) is 4.36. The fourth-order valence-corrected chi connectivity index (χ4v) is 2.41. The van der Waals surface area contributed by atoms with Gasteiger partial charge in [-0.1, -0.05) is 42.0 Å². The molecule has 0 fully saturated rings. The van der Waals surface area contributed by atoms with Gasteiger partial charge in [0.25, 0.3) is 0 Å². The quantitative estimate of drug-likeness (QED) is 0.707. The molecular weight excluding hydrogens is 296 g/mol. The van der Waals surface area contributed by atoms with Gasteiger partial charge in [-0.15, -0.1) is 0 Å². The molecule has 0 aliphatic heterocycles. The average molecular weight is 318 g/mol. The molecule has 2 aromatic carbocycles. The number of ether oxygens (including phenoxy) is 1. The first-order valence-corrected chi connectivity index (χ1v) is 8.16. The molecule has 0 saturated heterocycles. The first kappa shape index (κ1) is 16.2. The summed E-state index contributed by atoms with van der Waals surface area (Å²) in [5.74, 6) is 0.897. The van der Waals surface area contributed by atoms with E-state index in [1.54, 1.807) is 0 Å². The Bertz CT molecular complexity index is 737. The lowest BCUT2D eigenvalue weighted by Crippen LogP contribution is -2.12. The number of aryl methyl sites for hydroxylation is 1. The lowest BCUT2D eigenvalue weighted by molar-refractivity contribution is 0.306. The lowest BCUT2D eigenvalue weighted by atomic mass is 10.2. The number of nitrogens with zero attached hydrogens (tertiary/aromatic N) is 1. The summed E-state index contributed by atoms with van der Waals surface area (Å²) in [7, 11) is 0. The minimum atomic E-state index is 0.597. The van der Waals surface area contributed by atoms with Crippen molar-refractivity contribution in [3.8, 4) is 5.75 Å². The van der Waals surface area contributed by atoms with E-state index in [1.807, 2.05) is 36.7 Å². The Morgan fingerprint density at radius 1 is 0.750 bits per heavy atom. The summed E-state index contributed by atoms with van der Waals surface area (Å²) in [5.41, 5.74) is 4.93. The molecule has 0 unspecified atom stereocenters. The molecular formula is C21H22N2O. The molecule has 1 heterocycles. The number of benzene rings is 2. The Morgan fingerprint density at radius 2 is 1.33 bits per heavy atom. The van der Waals surface area contributed by atoms with E-state index in [9.17, 15) is 0 Å². The van der Waals surface area contributed by atoms with Crippen molar-refractivity contribution < 1.29 is 4.74 Å². The molecule has 3 rings (SSSR count). The highest BCUT2D eigenvalue weighted by Crippen LogP contribution is 2.14. The highest BCUT2D eigenvalue weighted by atomic mass is 16.5. The Morgan fingerprint density at radius 3 is 2.00 bits per heavy atom. The van der Waals surface area contributed by atoms with E-state index >= 15 is 0 Å². The Balaban J connectivity index is 1.45. The average Bonchev–Trinajstić information content (AvgIpc) is 2.63. The number of hydrogen-bond acceptors (Lipinski definition) is 3. The molecule has 3 nitrogen and oxygen atoms in total. The number of aromatic nitrogens is 1. The second kappa shape index (κ2) is 8.27. The van der Waals surface area contributed by atoms with Crippen LogP contribution in [0, 0.1) is 6.92 Å². The molecule has 0 spiro atoms. The summed E-state index contributed by atoms with van der Waals surface area (Å²) in [6, 6.07) is 20.7. The van der Waals surface area contributed by atoms with Gasteiger partial charge in [0.15, 0.2) is 0 Å². The standard InChI is InChI=1S/C21H22N2O/c1-17-2-4-20(5-3-17)16-24-21-8-6-18(7-9-21)14-23-15-19-10-12-22-13-11-19/h2-13,23H,14-16H2,1H3. The van der Waals surface area contributed by atoms with Crippen molar-refractivity contribution in [1.82, 2.24) is 10.3 Å². The van der Waals surface area contributed by atoms with Crippen LogP contribution in [0.4, 0.5) is 0 Å². The van der Waals surface area contributed by atoms with Crippen LogP contribution < -0.4 is 10.1 Å². The molecule has 1 aromatic heterocycles. The molecule has 0 amide bonds. The molecule has 0 radical (unpaired) electrons. The van der Waals surface area contributed by atoms with Crippen molar-refractivity contribution in [2.45, 2.75) is 26.6 Å². The van der Waals surface area contributed by atoms with E-state index in [4.69, 9.17) is 4.74 Å². The van der Waals surface area contributed by atoms with Gasteiger partial charge in [0.2, 0.25) is 0 Å². The maximum atomic E-state index is 5.83. The molecule has 0 bridgehead atoms. The van der Waals surface area contributed by atoms with Crippen molar-refractivity contribution in [3.63, 3.8) is 0 Å². The number of pyridine rings is 1. The van der Waals surface area contributed by atoms with E-state index in [1.165, 1.54) is 22.3 Å². The van der Waals surface area contributed by atoms with Gasteiger partial charge >= 0.3 is 0 Å². The van der Waals surface area contributed by atoms with Gasteiger partial charge in [-0.05, 0) is 47.9 Å². The van der Waals surface area contributed by atoms with Gasteiger partial charge in [-0.25, -0.2) is 0 Å². The van der Waals surface area contributed by atoms with Crippen molar-refractivity contribution >= 4 is 0 Å². The highest BCUT2D eigenvalue weighted by molar-refractivity contribution is 5.28. The maximum absolute atomic E-state index is 5.83. The largest absolute Gasteiger partial charge is 0.489 e. The van der Waals surface area contributed by atoms with Crippen LogP contribution in [-0.4, -0.2) is 4.98 Å². The number of rotatable bonds is 7. The van der Waals surface area contributed by atoms with E-state index in [0.29, 0.717) is 6.61 Å². The van der Waals surface area contributed by atoms with E-state index in [-0.39, 0.29) is 0 Å². The molecule has 0 aliphatic rings. The normalized spacial score (nSPS) is 10.5. The summed E-state index contributed by atoms with van der Waals surface area (Å²) in [6.07, 6.45) is 3.63. The zero-order valence-corrected chi connectivity index (χ0v) is 13.9. The molecule has 0 aliphatic carbocycles. The topological polar surface area (TPSA) is 34.1 Å². The second-order valence-corrected chi connectivity index (χ2v) is 5.88. The fraction of sp³-hybridized carbons (Fsp3) is 0.190. The van der Waals surface area contributed by atoms with Gasteiger partial charge in [-0.2, -0.15) is 0 Å². The highest BCUT2D eigenvalue weighted by Gasteiger charge is 1.98. The SMILES string of the molecule is Cc1ccc(COc2ccc(CNCc3ccncc3)cc2)cc1. The molecule has 24 heavy (non-hydrogen) atoms. The Kier molecular flexibility index (Phi) is 5.59. The number of nitrogens with one attached hydrogen (secondary N) is 1. The molecule has 3 heteroatoms. The third-order valence-corrected chi connectivity index (χ3v) is 3.86. The van der Waals surface area contributed by atoms with Gasteiger partial charge in [-0.3, -0.25) is 4.98 Å². The molecule has 1 N–H and O–H groups in total. The number of hydrogen-bond donors (Lipinski definition) is 1. The summed E-state index contributed by atoms with van der Waals surface area (Å²) >= 11 is 0. The second-order valence-electron chi connectivity index (χ2n) is 5.88. The van der Waals surface area contributed by atoms with Crippen molar-refractivity contribution in [2.75, 3.05) is 0 Å². The van der Waals surface area contributed by atoms with Crippen molar-refractivity contribution in [3.05, 3.63) is 95.3 Å². The minimum Gasteiger partial charge on any atom is -0.489 e. The Labute approximate surface area is 143 Å². The maximum Gasteiger partial charge on any atom is 0.119 e.